The number of halogens is 2. The van der Waals surface area contributed by atoms with Crippen LogP contribution >= 0.6 is 36.6 Å². The largest absolute Gasteiger partial charge is 0.497 e. The summed E-state index contributed by atoms with van der Waals surface area (Å²) in [6, 6.07) is 10.6. The topological polar surface area (TPSA) is 72.5 Å². The Kier molecular flexibility index (Phi) is 8.85. The Balaban J connectivity index is 0.00000156. The number of rotatable bonds is 5. The molecule has 0 radical (unpaired) electrons. The molecule has 1 aromatic heterocycles. The Morgan fingerprint density at radius 1 is 1.20 bits per heavy atom. The number of pyridine rings is 1. The van der Waals surface area contributed by atoms with E-state index in [4.69, 9.17) is 9.47 Å². The molecule has 2 aromatic rings. The molecule has 9 heteroatoms. The van der Waals surface area contributed by atoms with Gasteiger partial charge in [0, 0.05) is 17.7 Å². The van der Waals surface area contributed by atoms with Crippen molar-refractivity contribution in [3.63, 3.8) is 0 Å². The van der Waals surface area contributed by atoms with Crippen LogP contribution in [0.1, 0.15) is 0 Å². The quantitative estimate of drug-likeness (QED) is 0.797. The Morgan fingerprint density at radius 3 is 2.48 bits per heavy atom. The second-order valence-corrected chi connectivity index (χ2v) is 5.95. The van der Waals surface area contributed by atoms with Gasteiger partial charge in [0.15, 0.2) is 0 Å². The maximum atomic E-state index is 12.0. The number of thioether (sulfide) groups is 1. The maximum absolute atomic E-state index is 12.0. The molecule has 1 unspecified atom stereocenters. The van der Waals surface area contributed by atoms with Crippen molar-refractivity contribution >= 4 is 48.2 Å². The lowest BCUT2D eigenvalue weighted by atomic mass is 10.3. The van der Waals surface area contributed by atoms with Gasteiger partial charge in [-0.15, -0.1) is 36.6 Å². The Labute approximate surface area is 162 Å². The van der Waals surface area contributed by atoms with Crippen LogP contribution in [0.3, 0.4) is 0 Å². The molecule has 3 rings (SSSR count). The van der Waals surface area contributed by atoms with Crippen molar-refractivity contribution in [3.05, 3.63) is 42.6 Å². The van der Waals surface area contributed by atoms with E-state index in [9.17, 15) is 4.79 Å². The summed E-state index contributed by atoms with van der Waals surface area (Å²) in [7, 11) is 1.62. The van der Waals surface area contributed by atoms with Gasteiger partial charge >= 0.3 is 0 Å². The lowest BCUT2D eigenvalue weighted by molar-refractivity contribution is -0.117. The fourth-order valence-electron chi connectivity index (χ4n) is 2.07. The second kappa shape index (κ2) is 10.4. The molecule has 1 aliphatic rings. The van der Waals surface area contributed by atoms with Crippen LogP contribution < -0.4 is 20.1 Å². The van der Waals surface area contributed by atoms with Crippen LogP contribution in [-0.4, -0.2) is 35.7 Å². The van der Waals surface area contributed by atoms with Gasteiger partial charge in [0.25, 0.3) is 0 Å². The van der Waals surface area contributed by atoms with E-state index in [-0.39, 0.29) is 36.8 Å². The number of carbonyl (C=O) groups excluding carboxylic acids is 1. The zero-order valence-corrected chi connectivity index (χ0v) is 15.9. The van der Waals surface area contributed by atoms with E-state index >= 15 is 0 Å². The molecule has 0 bridgehead atoms. The Hall–Kier alpha value is -1.67. The normalized spacial score (nSPS) is 15.5. The van der Waals surface area contributed by atoms with E-state index < -0.39 is 0 Å². The number of methoxy groups -OCH3 is 1. The summed E-state index contributed by atoms with van der Waals surface area (Å²) in [5, 5.41) is 5.97. The fourth-order valence-corrected chi connectivity index (χ4v) is 3.01. The summed E-state index contributed by atoms with van der Waals surface area (Å²) in [4.78, 5) is 16.2. The summed E-state index contributed by atoms with van der Waals surface area (Å²) < 4.78 is 10.7. The molecule has 0 saturated carbocycles. The first-order chi connectivity index (χ1) is 11.2. The molecule has 1 fully saturated rings. The van der Waals surface area contributed by atoms with Gasteiger partial charge < -0.3 is 14.8 Å². The van der Waals surface area contributed by atoms with E-state index in [1.165, 1.54) is 0 Å². The van der Waals surface area contributed by atoms with E-state index in [2.05, 4.69) is 15.6 Å². The molecular weight excluding hydrogens is 385 g/mol. The van der Waals surface area contributed by atoms with E-state index in [1.54, 1.807) is 49.3 Å². The third kappa shape index (κ3) is 5.97. The number of anilines is 1. The monoisotopic (exact) mass is 403 g/mol. The zero-order chi connectivity index (χ0) is 16.1. The third-order valence-electron chi connectivity index (χ3n) is 3.32. The van der Waals surface area contributed by atoms with Crippen LogP contribution in [-0.2, 0) is 4.79 Å². The molecule has 0 spiro atoms. The molecule has 136 valence electrons. The highest BCUT2D eigenvalue weighted by Crippen LogP contribution is 2.23. The highest BCUT2D eigenvalue weighted by molar-refractivity contribution is 7.99. The molecule has 1 aliphatic heterocycles. The highest BCUT2D eigenvalue weighted by atomic mass is 35.5. The van der Waals surface area contributed by atoms with Crippen molar-refractivity contribution in [1.82, 2.24) is 10.3 Å². The summed E-state index contributed by atoms with van der Waals surface area (Å²) >= 11 is 1.71. The minimum absolute atomic E-state index is 0. The van der Waals surface area contributed by atoms with Crippen molar-refractivity contribution in [3.8, 4) is 17.4 Å². The molecular formula is C16H19Cl2N3O3S. The molecule has 1 saturated heterocycles. The van der Waals surface area contributed by atoms with E-state index in [0.29, 0.717) is 17.3 Å². The van der Waals surface area contributed by atoms with Crippen molar-refractivity contribution in [2.75, 3.05) is 24.1 Å². The fraction of sp³-hybridized carbons (Fsp3) is 0.250. The standard InChI is InChI=1S/C16H17N3O3S.2ClH/c1-21-12-3-5-13(6-4-12)22-15-7-2-11(8-17-15)19-16(20)14-9-23-10-18-14;;/h2-8,14,18H,9-10H2,1H3,(H,19,20);2*1H. The number of hydrogen-bond acceptors (Lipinski definition) is 6. The number of carbonyl (C=O) groups is 1. The van der Waals surface area contributed by atoms with Crippen LogP contribution in [0.4, 0.5) is 5.69 Å². The van der Waals surface area contributed by atoms with Crippen LogP contribution in [0.25, 0.3) is 0 Å². The van der Waals surface area contributed by atoms with Gasteiger partial charge in [-0.1, -0.05) is 0 Å². The van der Waals surface area contributed by atoms with Gasteiger partial charge in [-0.05, 0) is 30.3 Å². The number of hydrogen-bond donors (Lipinski definition) is 2. The predicted molar refractivity (Wildman–Crippen MR) is 105 cm³/mol. The molecule has 0 aliphatic carbocycles. The summed E-state index contributed by atoms with van der Waals surface area (Å²) in [6.45, 7) is 0. The number of aromatic nitrogens is 1. The summed E-state index contributed by atoms with van der Waals surface area (Å²) in [6.07, 6.45) is 1.58. The summed E-state index contributed by atoms with van der Waals surface area (Å²) in [5.74, 6) is 3.45. The number of ether oxygens (including phenoxy) is 2. The van der Waals surface area contributed by atoms with Gasteiger partial charge in [-0.2, -0.15) is 0 Å². The lowest BCUT2D eigenvalue weighted by Gasteiger charge is -2.11. The SMILES string of the molecule is COc1ccc(Oc2ccc(NC(=O)C3CSCN3)cn2)cc1.Cl.Cl. The minimum atomic E-state index is -0.143. The Bertz CT molecular complexity index is 665. The molecule has 2 N–H and O–H groups in total. The van der Waals surface area contributed by atoms with Gasteiger partial charge in [0.2, 0.25) is 11.8 Å². The molecule has 25 heavy (non-hydrogen) atoms. The van der Waals surface area contributed by atoms with Gasteiger partial charge in [0.05, 0.1) is 25.0 Å². The van der Waals surface area contributed by atoms with Crippen molar-refractivity contribution in [2.45, 2.75) is 6.04 Å². The van der Waals surface area contributed by atoms with Gasteiger partial charge in [-0.3, -0.25) is 10.1 Å². The molecule has 1 atom stereocenters. The van der Waals surface area contributed by atoms with E-state index in [1.807, 2.05) is 12.1 Å². The second-order valence-electron chi connectivity index (χ2n) is 4.92. The first-order valence-corrected chi connectivity index (χ1v) is 8.30. The van der Waals surface area contributed by atoms with Crippen LogP contribution in [0.5, 0.6) is 17.4 Å². The van der Waals surface area contributed by atoms with Crippen molar-refractivity contribution in [2.24, 2.45) is 0 Å². The predicted octanol–water partition coefficient (Wildman–Crippen LogP) is 3.33. The first-order valence-electron chi connectivity index (χ1n) is 7.14. The molecule has 2 heterocycles. The average molecular weight is 404 g/mol. The molecule has 1 aromatic carbocycles. The average Bonchev–Trinajstić information content (AvgIpc) is 3.12. The van der Waals surface area contributed by atoms with Crippen LogP contribution in [0.2, 0.25) is 0 Å². The molecule has 6 nitrogen and oxygen atoms in total. The highest BCUT2D eigenvalue weighted by Gasteiger charge is 2.22. The number of nitrogens with one attached hydrogen (secondary N) is 2. The van der Waals surface area contributed by atoms with Crippen molar-refractivity contribution < 1.29 is 14.3 Å². The first kappa shape index (κ1) is 21.4. The summed E-state index contributed by atoms with van der Waals surface area (Å²) in [5.41, 5.74) is 0.649. The number of benzene rings is 1. The third-order valence-corrected chi connectivity index (χ3v) is 4.26. The van der Waals surface area contributed by atoms with Crippen LogP contribution in [0, 0.1) is 0 Å². The van der Waals surface area contributed by atoms with Gasteiger partial charge in [-0.25, -0.2) is 4.98 Å². The van der Waals surface area contributed by atoms with Crippen molar-refractivity contribution in [1.29, 1.82) is 0 Å². The Morgan fingerprint density at radius 2 is 1.92 bits per heavy atom. The smallest absolute Gasteiger partial charge is 0.242 e. The molecule has 1 amide bonds. The van der Waals surface area contributed by atoms with E-state index in [0.717, 1.165) is 17.4 Å². The maximum Gasteiger partial charge on any atom is 0.242 e. The number of nitrogens with zero attached hydrogens (tertiary/aromatic N) is 1. The van der Waals surface area contributed by atoms with Crippen LogP contribution in [0.15, 0.2) is 42.6 Å². The van der Waals surface area contributed by atoms with Gasteiger partial charge in [0.1, 0.15) is 11.5 Å². The number of amides is 1. The zero-order valence-electron chi connectivity index (χ0n) is 13.4. The lowest BCUT2D eigenvalue weighted by Crippen LogP contribution is -2.37. The minimum Gasteiger partial charge on any atom is -0.497 e.